The summed E-state index contributed by atoms with van der Waals surface area (Å²) in [4.78, 5) is 12.9. The van der Waals surface area contributed by atoms with E-state index in [1.54, 1.807) is 25.2 Å². The largest absolute Gasteiger partial charge is 0.348 e. The van der Waals surface area contributed by atoms with Crippen LogP contribution in [0.2, 0.25) is 0 Å². The molecule has 1 aromatic heterocycles. The summed E-state index contributed by atoms with van der Waals surface area (Å²) in [5, 5.41) is 7.25. The highest BCUT2D eigenvalue weighted by Gasteiger charge is 2.07. The van der Waals surface area contributed by atoms with Crippen molar-refractivity contribution in [1.29, 1.82) is 0 Å². The van der Waals surface area contributed by atoms with Gasteiger partial charge in [0.05, 0.1) is 13.1 Å². The molecule has 1 heterocycles. The Morgan fingerprint density at radius 3 is 2.87 bits per heavy atom. The Hall–Kier alpha value is -1.36. The third kappa shape index (κ3) is 4.12. The zero-order valence-corrected chi connectivity index (χ0v) is 9.47. The minimum atomic E-state index is 0.0855. The van der Waals surface area contributed by atoms with Gasteiger partial charge in [0.1, 0.15) is 0 Å². The van der Waals surface area contributed by atoms with E-state index < -0.39 is 0 Å². The predicted octanol–water partition coefficient (Wildman–Crippen LogP) is -0.0506. The van der Waals surface area contributed by atoms with Crippen molar-refractivity contribution in [3.05, 3.63) is 18.5 Å². The first-order valence-corrected chi connectivity index (χ1v) is 5.00. The lowest BCUT2D eigenvalue weighted by Gasteiger charge is -2.15. The van der Waals surface area contributed by atoms with Crippen LogP contribution < -0.4 is 5.32 Å². The van der Waals surface area contributed by atoms with Gasteiger partial charge in [0, 0.05) is 32.5 Å². The van der Waals surface area contributed by atoms with Gasteiger partial charge in [-0.05, 0) is 13.0 Å². The first-order valence-electron chi connectivity index (χ1n) is 5.00. The first kappa shape index (κ1) is 11.7. The van der Waals surface area contributed by atoms with E-state index in [1.807, 2.05) is 23.9 Å². The van der Waals surface area contributed by atoms with Crippen molar-refractivity contribution in [1.82, 2.24) is 20.0 Å². The zero-order valence-electron chi connectivity index (χ0n) is 9.47. The highest BCUT2D eigenvalue weighted by molar-refractivity contribution is 5.77. The summed E-state index contributed by atoms with van der Waals surface area (Å²) in [5.41, 5.74) is 0. The highest BCUT2D eigenvalue weighted by atomic mass is 16.2. The molecule has 0 bridgehead atoms. The SMILES string of the molecule is C[C@@H](Cn1cccn1)NCC(=O)N(C)C. The van der Waals surface area contributed by atoms with Gasteiger partial charge in [-0.15, -0.1) is 0 Å². The van der Waals surface area contributed by atoms with Gasteiger partial charge < -0.3 is 10.2 Å². The van der Waals surface area contributed by atoms with Gasteiger partial charge in [0.25, 0.3) is 0 Å². The number of rotatable bonds is 5. The predicted molar refractivity (Wildman–Crippen MR) is 58.4 cm³/mol. The Bertz CT molecular complexity index is 294. The number of aromatic nitrogens is 2. The average molecular weight is 210 g/mol. The molecule has 0 aliphatic rings. The fourth-order valence-corrected chi connectivity index (χ4v) is 1.17. The number of hydrogen-bond acceptors (Lipinski definition) is 3. The molecule has 5 nitrogen and oxygen atoms in total. The molecule has 0 spiro atoms. The van der Waals surface area contributed by atoms with E-state index in [1.165, 1.54) is 0 Å². The molecule has 0 aromatic carbocycles. The molecule has 1 rings (SSSR count). The van der Waals surface area contributed by atoms with Gasteiger partial charge in [0.15, 0.2) is 0 Å². The molecule has 1 N–H and O–H groups in total. The number of amides is 1. The summed E-state index contributed by atoms with van der Waals surface area (Å²) in [6.07, 6.45) is 3.66. The number of hydrogen-bond donors (Lipinski definition) is 1. The minimum absolute atomic E-state index is 0.0855. The topological polar surface area (TPSA) is 50.2 Å². The molecular weight excluding hydrogens is 192 g/mol. The van der Waals surface area contributed by atoms with E-state index in [9.17, 15) is 4.79 Å². The second-order valence-electron chi connectivity index (χ2n) is 3.80. The monoisotopic (exact) mass is 210 g/mol. The fraction of sp³-hybridized carbons (Fsp3) is 0.600. The van der Waals surface area contributed by atoms with Crippen LogP contribution in [0, 0.1) is 0 Å². The van der Waals surface area contributed by atoms with Crippen LogP contribution in [0.3, 0.4) is 0 Å². The van der Waals surface area contributed by atoms with E-state index >= 15 is 0 Å². The number of carbonyl (C=O) groups excluding carboxylic acids is 1. The third-order valence-electron chi connectivity index (χ3n) is 2.12. The Labute approximate surface area is 90.1 Å². The molecule has 0 radical (unpaired) electrons. The van der Waals surface area contributed by atoms with Gasteiger partial charge in [-0.25, -0.2) is 0 Å². The molecule has 0 unspecified atom stereocenters. The Morgan fingerprint density at radius 1 is 1.60 bits per heavy atom. The number of nitrogens with zero attached hydrogens (tertiary/aromatic N) is 3. The second-order valence-corrected chi connectivity index (χ2v) is 3.80. The van der Waals surface area contributed by atoms with Gasteiger partial charge in [0.2, 0.25) is 5.91 Å². The van der Waals surface area contributed by atoms with Crippen LogP contribution >= 0.6 is 0 Å². The number of carbonyl (C=O) groups is 1. The van der Waals surface area contributed by atoms with Crippen LogP contribution in [-0.2, 0) is 11.3 Å². The van der Waals surface area contributed by atoms with Crippen molar-refractivity contribution in [2.45, 2.75) is 19.5 Å². The molecule has 1 atom stereocenters. The maximum Gasteiger partial charge on any atom is 0.236 e. The molecule has 0 saturated heterocycles. The van der Waals surface area contributed by atoms with E-state index in [0.29, 0.717) is 6.54 Å². The van der Waals surface area contributed by atoms with Crippen LogP contribution in [0.25, 0.3) is 0 Å². The summed E-state index contributed by atoms with van der Waals surface area (Å²) in [5.74, 6) is 0.0855. The van der Waals surface area contributed by atoms with Gasteiger partial charge >= 0.3 is 0 Å². The molecule has 1 amide bonds. The Kier molecular flexibility index (Phi) is 4.30. The standard InChI is InChI=1S/C10H18N4O/c1-9(8-14-6-4-5-12-14)11-7-10(15)13(2)3/h4-6,9,11H,7-8H2,1-3H3/t9-/m0/s1. The molecule has 1 aromatic rings. The number of nitrogens with one attached hydrogen (secondary N) is 1. The maximum atomic E-state index is 11.3. The number of likely N-dealkylation sites (N-methyl/N-ethyl adjacent to an activating group) is 1. The summed E-state index contributed by atoms with van der Waals surface area (Å²) < 4.78 is 1.85. The van der Waals surface area contributed by atoms with E-state index in [4.69, 9.17) is 0 Å². The Morgan fingerprint density at radius 2 is 2.33 bits per heavy atom. The van der Waals surface area contributed by atoms with Crippen LogP contribution in [0.4, 0.5) is 0 Å². The van der Waals surface area contributed by atoms with Crippen LogP contribution in [0.5, 0.6) is 0 Å². The van der Waals surface area contributed by atoms with Gasteiger partial charge in [-0.3, -0.25) is 9.48 Å². The second kappa shape index (κ2) is 5.50. The summed E-state index contributed by atoms with van der Waals surface area (Å²) in [6, 6.07) is 2.12. The van der Waals surface area contributed by atoms with Crippen molar-refractivity contribution < 1.29 is 4.79 Å². The fourth-order valence-electron chi connectivity index (χ4n) is 1.17. The molecule has 0 aliphatic carbocycles. The first-order chi connectivity index (χ1) is 7.09. The van der Waals surface area contributed by atoms with Crippen LogP contribution in [0.15, 0.2) is 18.5 Å². The minimum Gasteiger partial charge on any atom is -0.348 e. The third-order valence-corrected chi connectivity index (χ3v) is 2.12. The van der Waals surface area contributed by atoms with Crippen LogP contribution in [-0.4, -0.2) is 47.3 Å². The van der Waals surface area contributed by atoms with Crippen LogP contribution in [0.1, 0.15) is 6.92 Å². The van der Waals surface area contributed by atoms with Crippen molar-refractivity contribution in [2.75, 3.05) is 20.6 Å². The van der Waals surface area contributed by atoms with E-state index in [2.05, 4.69) is 10.4 Å². The summed E-state index contributed by atoms with van der Waals surface area (Å²) >= 11 is 0. The van der Waals surface area contributed by atoms with E-state index in [0.717, 1.165) is 6.54 Å². The molecule has 5 heteroatoms. The lowest BCUT2D eigenvalue weighted by molar-refractivity contribution is -0.127. The van der Waals surface area contributed by atoms with Gasteiger partial charge in [-0.2, -0.15) is 5.10 Å². The molecule has 0 saturated carbocycles. The summed E-state index contributed by atoms with van der Waals surface area (Å²) in [6.45, 7) is 3.17. The smallest absolute Gasteiger partial charge is 0.236 e. The molecule has 0 aliphatic heterocycles. The van der Waals surface area contributed by atoms with Crippen molar-refractivity contribution in [3.63, 3.8) is 0 Å². The van der Waals surface area contributed by atoms with Gasteiger partial charge in [-0.1, -0.05) is 0 Å². The summed E-state index contributed by atoms with van der Waals surface area (Å²) in [7, 11) is 3.50. The molecule has 0 fully saturated rings. The molecule has 15 heavy (non-hydrogen) atoms. The molecule has 84 valence electrons. The van der Waals surface area contributed by atoms with Crippen molar-refractivity contribution >= 4 is 5.91 Å². The zero-order chi connectivity index (χ0) is 11.3. The average Bonchev–Trinajstić information content (AvgIpc) is 2.66. The molecular formula is C10H18N4O. The maximum absolute atomic E-state index is 11.3. The van der Waals surface area contributed by atoms with E-state index in [-0.39, 0.29) is 11.9 Å². The lowest BCUT2D eigenvalue weighted by Crippen LogP contribution is -2.39. The van der Waals surface area contributed by atoms with Crippen molar-refractivity contribution in [2.24, 2.45) is 0 Å². The lowest BCUT2D eigenvalue weighted by atomic mass is 10.3. The van der Waals surface area contributed by atoms with Crippen molar-refractivity contribution in [3.8, 4) is 0 Å². The highest BCUT2D eigenvalue weighted by Crippen LogP contribution is 1.90. The quantitative estimate of drug-likeness (QED) is 0.741. The normalized spacial score (nSPS) is 12.5. The Balaban J connectivity index is 2.25.